The van der Waals surface area contributed by atoms with Crippen LogP contribution in [0.25, 0.3) is 11.0 Å². The van der Waals surface area contributed by atoms with Crippen LogP contribution in [0, 0.1) is 0 Å². The lowest BCUT2D eigenvalue weighted by molar-refractivity contribution is -0.118. The summed E-state index contributed by atoms with van der Waals surface area (Å²) < 4.78 is 5.41. The fourth-order valence-corrected chi connectivity index (χ4v) is 1.82. The van der Waals surface area contributed by atoms with Crippen molar-refractivity contribution in [3.05, 3.63) is 30.0 Å². The second-order valence-electron chi connectivity index (χ2n) is 4.45. The standard InChI is InChI=1S/C13H15N3O3/c1-7(4-12(15)17)16-13(18)11-6-8-5-9(14)2-3-10(8)19-11/h2-3,5-7H,4,14H2,1H3,(H2,15,17)(H,16,18). The van der Waals surface area contributed by atoms with E-state index in [0.29, 0.717) is 11.3 Å². The van der Waals surface area contributed by atoms with Crippen LogP contribution in [0.15, 0.2) is 28.7 Å². The van der Waals surface area contributed by atoms with Crippen molar-refractivity contribution in [2.45, 2.75) is 19.4 Å². The molecule has 0 fully saturated rings. The molecule has 1 heterocycles. The number of carbonyl (C=O) groups is 2. The Labute approximate surface area is 109 Å². The number of nitrogen functional groups attached to an aromatic ring is 1. The summed E-state index contributed by atoms with van der Waals surface area (Å²) in [4.78, 5) is 22.6. The van der Waals surface area contributed by atoms with Crippen LogP contribution in [0.3, 0.4) is 0 Å². The maximum Gasteiger partial charge on any atom is 0.287 e. The van der Waals surface area contributed by atoms with Gasteiger partial charge >= 0.3 is 0 Å². The van der Waals surface area contributed by atoms with Crippen LogP contribution in [0.2, 0.25) is 0 Å². The fourth-order valence-electron chi connectivity index (χ4n) is 1.82. The van der Waals surface area contributed by atoms with Crippen molar-refractivity contribution in [2.24, 2.45) is 5.73 Å². The molecular weight excluding hydrogens is 246 g/mol. The normalized spacial score (nSPS) is 12.3. The molecule has 0 bridgehead atoms. The van der Waals surface area contributed by atoms with Crippen molar-refractivity contribution in [1.29, 1.82) is 0 Å². The molecule has 6 nitrogen and oxygen atoms in total. The third kappa shape index (κ3) is 3.04. The number of benzene rings is 1. The molecule has 1 unspecified atom stereocenters. The Balaban J connectivity index is 2.15. The van der Waals surface area contributed by atoms with Crippen LogP contribution in [-0.4, -0.2) is 17.9 Å². The Bertz CT molecular complexity index is 633. The molecule has 1 aromatic carbocycles. The summed E-state index contributed by atoms with van der Waals surface area (Å²) in [6.45, 7) is 1.70. The molecule has 0 aliphatic heterocycles. The topological polar surface area (TPSA) is 111 Å². The molecule has 1 atom stereocenters. The van der Waals surface area contributed by atoms with E-state index in [9.17, 15) is 9.59 Å². The number of furan rings is 1. The monoisotopic (exact) mass is 261 g/mol. The zero-order chi connectivity index (χ0) is 14.0. The zero-order valence-corrected chi connectivity index (χ0v) is 10.5. The summed E-state index contributed by atoms with van der Waals surface area (Å²) in [5.41, 5.74) is 11.9. The molecule has 5 N–H and O–H groups in total. The van der Waals surface area contributed by atoms with Crippen molar-refractivity contribution >= 4 is 28.5 Å². The number of fused-ring (bicyclic) bond motifs is 1. The van der Waals surface area contributed by atoms with Gasteiger partial charge in [0.15, 0.2) is 5.76 Å². The molecule has 0 spiro atoms. The molecule has 0 aliphatic carbocycles. The maximum atomic E-state index is 11.9. The van der Waals surface area contributed by atoms with Crippen LogP contribution < -0.4 is 16.8 Å². The van der Waals surface area contributed by atoms with Crippen molar-refractivity contribution in [3.63, 3.8) is 0 Å². The molecule has 2 rings (SSSR count). The first-order valence-corrected chi connectivity index (χ1v) is 5.84. The number of rotatable bonds is 4. The first kappa shape index (κ1) is 12.9. The molecular formula is C13H15N3O3. The summed E-state index contributed by atoms with van der Waals surface area (Å²) in [5.74, 6) is -0.675. The highest BCUT2D eigenvalue weighted by Crippen LogP contribution is 2.21. The average molecular weight is 261 g/mol. The summed E-state index contributed by atoms with van der Waals surface area (Å²) in [7, 11) is 0. The summed E-state index contributed by atoms with van der Waals surface area (Å²) in [5, 5.41) is 3.40. The van der Waals surface area contributed by atoms with Gasteiger partial charge in [-0.05, 0) is 31.2 Å². The minimum absolute atomic E-state index is 0.0823. The number of hydrogen-bond acceptors (Lipinski definition) is 4. The van der Waals surface area contributed by atoms with Crippen LogP contribution >= 0.6 is 0 Å². The van der Waals surface area contributed by atoms with Gasteiger partial charge < -0.3 is 21.2 Å². The predicted octanol–water partition coefficient (Wildman–Crippen LogP) is 1.01. The Kier molecular flexibility index (Phi) is 3.41. The first-order valence-electron chi connectivity index (χ1n) is 5.84. The number of hydrogen-bond donors (Lipinski definition) is 3. The van der Waals surface area contributed by atoms with Crippen molar-refractivity contribution < 1.29 is 14.0 Å². The van der Waals surface area contributed by atoms with Gasteiger partial charge in [-0.3, -0.25) is 9.59 Å². The molecule has 1 aromatic heterocycles. The van der Waals surface area contributed by atoms with Crippen molar-refractivity contribution in [2.75, 3.05) is 5.73 Å². The Morgan fingerprint density at radius 2 is 2.11 bits per heavy atom. The molecule has 19 heavy (non-hydrogen) atoms. The predicted molar refractivity (Wildman–Crippen MR) is 71.4 cm³/mol. The highest BCUT2D eigenvalue weighted by Gasteiger charge is 2.15. The highest BCUT2D eigenvalue weighted by atomic mass is 16.3. The Morgan fingerprint density at radius 3 is 2.79 bits per heavy atom. The fraction of sp³-hybridized carbons (Fsp3) is 0.231. The second-order valence-corrected chi connectivity index (χ2v) is 4.45. The number of carbonyl (C=O) groups excluding carboxylic acids is 2. The van der Waals surface area contributed by atoms with Gasteiger partial charge in [0.2, 0.25) is 5.91 Å². The smallest absolute Gasteiger partial charge is 0.287 e. The highest BCUT2D eigenvalue weighted by molar-refractivity contribution is 5.97. The zero-order valence-electron chi connectivity index (χ0n) is 10.5. The van der Waals surface area contributed by atoms with Gasteiger partial charge in [-0.15, -0.1) is 0 Å². The molecule has 0 radical (unpaired) electrons. The average Bonchev–Trinajstić information content (AvgIpc) is 2.70. The number of anilines is 1. The van der Waals surface area contributed by atoms with E-state index in [4.69, 9.17) is 15.9 Å². The minimum atomic E-state index is -0.467. The Morgan fingerprint density at radius 1 is 1.37 bits per heavy atom. The number of nitrogens with one attached hydrogen (secondary N) is 1. The van der Waals surface area contributed by atoms with Gasteiger partial charge in [-0.25, -0.2) is 0 Å². The van der Waals surface area contributed by atoms with Gasteiger partial charge in [-0.2, -0.15) is 0 Å². The van der Waals surface area contributed by atoms with Crippen molar-refractivity contribution in [1.82, 2.24) is 5.32 Å². The molecule has 2 aromatic rings. The van der Waals surface area contributed by atoms with E-state index in [2.05, 4.69) is 5.32 Å². The molecule has 2 amide bonds. The molecule has 0 aliphatic rings. The molecule has 100 valence electrons. The lowest BCUT2D eigenvalue weighted by Crippen LogP contribution is -2.35. The minimum Gasteiger partial charge on any atom is -0.451 e. The van der Waals surface area contributed by atoms with Crippen LogP contribution in [-0.2, 0) is 4.79 Å². The van der Waals surface area contributed by atoms with E-state index in [-0.39, 0.29) is 24.1 Å². The molecule has 0 saturated carbocycles. The number of primary amides is 1. The number of amides is 2. The van der Waals surface area contributed by atoms with E-state index < -0.39 is 5.91 Å². The molecule has 6 heteroatoms. The van der Waals surface area contributed by atoms with Gasteiger partial charge in [-0.1, -0.05) is 0 Å². The second kappa shape index (κ2) is 5.01. The molecule has 0 saturated heterocycles. The third-order valence-corrected chi connectivity index (χ3v) is 2.65. The largest absolute Gasteiger partial charge is 0.451 e. The van der Waals surface area contributed by atoms with E-state index in [0.717, 1.165) is 5.39 Å². The van der Waals surface area contributed by atoms with E-state index >= 15 is 0 Å². The summed E-state index contributed by atoms with van der Waals surface area (Å²) in [6.07, 6.45) is 0.0823. The van der Waals surface area contributed by atoms with Crippen LogP contribution in [0.4, 0.5) is 5.69 Å². The van der Waals surface area contributed by atoms with E-state index in [1.807, 2.05) is 0 Å². The van der Waals surface area contributed by atoms with Crippen LogP contribution in [0.1, 0.15) is 23.9 Å². The lowest BCUT2D eigenvalue weighted by atomic mass is 10.2. The quantitative estimate of drug-likeness (QED) is 0.713. The third-order valence-electron chi connectivity index (χ3n) is 2.65. The summed E-state index contributed by atoms with van der Waals surface area (Å²) in [6, 6.07) is 6.39. The Hall–Kier alpha value is -2.50. The van der Waals surface area contributed by atoms with Crippen molar-refractivity contribution in [3.8, 4) is 0 Å². The van der Waals surface area contributed by atoms with Gasteiger partial charge in [0.25, 0.3) is 5.91 Å². The van der Waals surface area contributed by atoms with Gasteiger partial charge in [0.05, 0.1) is 0 Å². The maximum absolute atomic E-state index is 11.9. The van der Waals surface area contributed by atoms with Gasteiger partial charge in [0, 0.05) is 23.5 Å². The van der Waals surface area contributed by atoms with Gasteiger partial charge in [0.1, 0.15) is 5.58 Å². The lowest BCUT2D eigenvalue weighted by Gasteiger charge is -2.09. The van der Waals surface area contributed by atoms with Crippen LogP contribution in [0.5, 0.6) is 0 Å². The van der Waals surface area contributed by atoms with E-state index in [1.54, 1.807) is 31.2 Å². The number of nitrogens with two attached hydrogens (primary N) is 2. The summed E-state index contributed by atoms with van der Waals surface area (Å²) >= 11 is 0. The first-order chi connectivity index (χ1) is 8.95. The SMILES string of the molecule is CC(CC(N)=O)NC(=O)c1cc2cc(N)ccc2o1. The van der Waals surface area contributed by atoms with E-state index in [1.165, 1.54) is 0 Å².